The summed E-state index contributed by atoms with van der Waals surface area (Å²) in [6.45, 7) is 8.15. The molecule has 3 aromatic heterocycles. The zero-order chi connectivity index (χ0) is 36.8. The Morgan fingerprint density at radius 3 is 1.37 bits per heavy atom. The van der Waals surface area contributed by atoms with Gasteiger partial charge in [0.15, 0.2) is 34.9 Å². The minimum Gasteiger partial charge on any atom is -0.465 e. The van der Waals surface area contributed by atoms with Crippen molar-refractivity contribution >= 4 is 169 Å². The number of hydrogen-bond donors (Lipinski definition) is 0. The second-order valence-corrected chi connectivity index (χ2v) is 18.7. The molecule has 4 rings (SSSR count). The second kappa shape index (κ2) is 17.9. The van der Waals surface area contributed by atoms with Crippen LogP contribution in [0.5, 0.6) is 0 Å². The van der Waals surface area contributed by atoms with Crippen LogP contribution in [0.2, 0.25) is 0 Å². The number of rotatable bonds is 7. The van der Waals surface area contributed by atoms with Gasteiger partial charge >= 0.3 is 0 Å². The molecule has 0 saturated heterocycles. The Kier molecular flexibility index (Phi) is 15.6. The number of hydrogen-bond acceptors (Lipinski definition) is 8. The smallest absolute Gasteiger partial charge is 0.250 e. The van der Waals surface area contributed by atoms with E-state index >= 15 is 0 Å². The maximum Gasteiger partial charge on any atom is 0.250 e. The molecular formula is C29H23Cl12N7O. The Labute approximate surface area is 342 Å². The Bertz CT molecular complexity index is 1690. The van der Waals surface area contributed by atoms with Crippen molar-refractivity contribution in [2.45, 2.75) is 35.9 Å². The van der Waals surface area contributed by atoms with Gasteiger partial charge in [0.05, 0.1) is 6.26 Å². The van der Waals surface area contributed by atoms with E-state index in [9.17, 15) is 0 Å². The molecule has 0 saturated carbocycles. The fourth-order valence-corrected chi connectivity index (χ4v) is 4.79. The average Bonchev–Trinajstić information content (AvgIpc) is 3.52. The van der Waals surface area contributed by atoms with Gasteiger partial charge in [-0.25, -0.2) is 29.9 Å². The lowest BCUT2D eigenvalue weighted by atomic mass is 10.1. The van der Waals surface area contributed by atoms with Crippen molar-refractivity contribution < 1.29 is 4.42 Å². The van der Waals surface area contributed by atoms with Gasteiger partial charge in [-0.1, -0.05) is 151 Å². The van der Waals surface area contributed by atoms with Crippen LogP contribution in [-0.4, -0.2) is 43.0 Å². The molecule has 3 heterocycles. The van der Waals surface area contributed by atoms with E-state index in [1.165, 1.54) is 12.3 Å². The molecule has 0 aliphatic carbocycles. The van der Waals surface area contributed by atoms with Gasteiger partial charge in [0.25, 0.3) is 0 Å². The molecule has 1 aromatic carbocycles. The molecule has 0 radical (unpaired) electrons. The highest BCUT2D eigenvalue weighted by atomic mass is 35.6. The van der Waals surface area contributed by atoms with Crippen LogP contribution >= 0.6 is 139 Å². The lowest BCUT2D eigenvalue weighted by Gasteiger charge is -2.21. The summed E-state index contributed by atoms with van der Waals surface area (Å²) < 4.78 is -2.37. The third-order valence-corrected chi connectivity index (χ3v) is 8.08. The summed E-state index contributed by atoms with van der Waals surface area (Å²) in [5, 5.41) is 0. The molecule has 0 spiro atoms. The summed E-state index contributed by atoms with van der Waals surface area (Å²) in [5.41, 5.74) is 3.25. The van der Waals surface area contributed by atoms with Gasteiger partial charge in [0, 0.05) is 18.8 Å². The predicted molar refractivity (Wildman–Crippen MR) is 208 cm³/mol. The number of nitrogens with zero attached hydrogens (tertiary/aromatic N) is 7. The van der Waals surface area contributed by atoms with Gasteiger partial charge in [-0.2, -0.15) is 0 Å². The van der Waals surface area contributed by atoms with Crippen molar-refractivity contribution in [2.24, 2.45) is 0 Å². The van der Waals surface area contributed by atoms with Crippen LogP contribution < -0.4 is 4.90 Å². The third-order valence-electron chi connectivity index (χ3n) is 6.05. The number of alkyl halides is 12. The summed E-state index contributed by atoms with van der Waals surface area (Å²) >= 11 is 69.9. The van der Waals surface area contributed by atoms with Gasteiger partial charge in [-0.3, -0.25) is 0 Å². The number of anilines is 1. The Morgan fingerprint density at radius 1 is 0.592 bits per heavy atom. The molecule has 0 bridgehead atoms. The SMILES string of the molecule is CCN(CC)c1ccc(C=Cc2nc(C(Cl)(Cl)Cl)nc(C(Cl)(Cl)Cl)n2)c(C)c1.ClC(Cl)(Cl)c1nc(C=Cc2ccco2)nc(C(Cl)(Cl)Cl)n1. The van der Waals surface area contributed by atoms with Crippen molar-refractivity contribution in [1.29, 1.82) is 0 Å². The van der Waals surface area contributed by atoms with E-state index in [-0.39, 0.29) is 34.9 Å². The number of benzene rings is 1. The quantitative estimate of drug-likeness (QED) is 0.169. The van der Waals surface area contributed by atoms with Crippen LogP contribution in [-0.2, 0) is 15.2 Å². The number of halogens is 12. The molecule has 0 aliphatic heterocycles. The highest BCUT2D eigenvalue weighted by Crippen LogP contribution is 2.41. The maximum atomic E-state index is 5.89. The zero-order valence-electron chi connectivity index (χ0n) is 25.3. The molecule has 264 valence electrons. The van der Waals surface area contributed by atoms with E-state index in [4.69, 9.17) is 144 Å². The fraction of sp³-hybridized carbons (Fsp3) is 0.310. The van der Waals surface area contributed by atoms with Crippen molar-refractivity contribution in [3.8, 4) is 0 Å². The first-order valence-electron chi connectivity index (χ1n) is 13.7. The fourth-order valence-electron chi connectivity index (χ4n) is 3.78. The molecule has 0 N–H and O–H groups in total. The van der Waals surface area contributed by atoms with Gasteiger partial charge in [-0.05, 0) is 74.4 Å². The van der Waals surface area contributed by atoms with E-state index in [0.717, 1.165) is 29.9 Å². The first-order chi connectivity index (χ1) is 22.6. The van der Waals surface area contributed by atoms with Crippen molar-refractivity contribution in [2.75, 3.05) is 18.0 Å². The van der Waals surface area contributed by atoms with Gasteiger partial charge in [0.2, 0.25) is 15.2 Å². The number of aromatic nitrogens is 6. The minimum absolute atomic E-state index is 0.123. The molecular weight excluding hydrogens is 888 g/mol. The molecule has 0 amide bonds. The Morgan fingerprint density at radius 2 is 1.02 bits per heavy atom. The molecule has 4 aromatic rings. The van der Waals surface area contributed by atoms with Crippen LogP contribution in [0.3, 0.4) is 0 Å². The normalized spacial score (nSPS) is 12.8. The molecule has 0 aliphatic rings. The van der Waals surface area contributed by atoms with Gasteiger partial charge in [-0.15, -0.1) is 0 Å². The average molecular weight is 911 g/mol. The van der Waals surface area contributed by atoms with Crippen LogP contribution in [0.4, 0.5) is 5.69 Å². The topological polar surface area (TPSA) is 93.7 Å². The summed E-state index contributed by atoms with van der Waals surface area (Å²) in [5.74, 6) is 0.408. The third kappa shape index (κ3) is 13.3. The summed E-state index contributed by atoms with van der Waals surface area (Å²) in [4.78, 5) is 26.3. The first kappa shape index (κ1) is 42.7. The van der Waals surface area contributed by atoms with Gasteiger partial charge in [0.1, 0.15) is 5.76 Å². The van der Waals surface area contributed by atoms with E-state index in [1.54, 1.807) is 24.3 Å². The standard InChI is InChI=1S/C18H18Cl6N4.C11H5Cl6N3O/c1-4-28(5-2)13-8-6-12(11(3)10-13)7-9-14-25-15(17(19,20)21)27-16(26-14)18(22,23)24;12-10(13,14)8-18-7(4-3-6-2-1-5-21-6)19-9(20-8)11(15,16)17/h6-10H,4-5H2,1-3H3;1-5H. The predicted octanol–water partition coefficient (Wildman–Crippen LogP) is 12.1. The van der Waals surface area contributed by atoms with Crippen LogP contribution in [0.25, 0.3) is 24.3 Å². The lowest BCUT2D eigenvalue weighted by Crippen LogP contribution is -2.21. The number of aryl methyl sites for hydroxylation is 1. The van der Waals surface area contributed by atoms with Crippen molar-refractivity contribution in [1.82, 2.24) is 29.9 Å². The second-order valence-electron chi connectivity index (χ2n) is 9.57. The van der Waals surface area contributed by atoms with Crippen molar-refractivity contribution in [3.05, 3.63) is 88.4 Å². The maximum absolute atomic E-state index is 5.89. The minimum atomic E-state index is -1.88. The molecule has 0 unspecified atom stereocenters. The van der Waals surface area contributed by atoms with E-state index in [0.29, 0.717) is 5.76 Å². The monoisotopic (exact) mass is 905 g/mol. The summed E-state index contributed by atoms with van der Waals surface area (Å²) in [6, 6.07) is 9.68. The van der Waals surface area contributed by atoms with Gasteiger partial charge < -0.3 is 9.32 Å². The highest BCUT2D eigenvalue weighted by molar-refractivity contribution is 6.68. The summed E-state index contributed by atoms with van der Waals surface area (Å²) in [7, 11) is 0. The van der Waals surface area contributed by atoms with Crippen LogP contribution in [0.1, 0.15) is 65.7 Å². The Balaban J connectivity index is 0.000000276. The number of furan rings is 1. The highest BCUT2D eigenvalue weighted by Gasteiger charge is 2.34. The molecule has 0 fully saturated rings. The van der Waals surface area contributed by atoms with Crippen LogP contribution in [0.15, 0.2) is 41.0 Å². The molecule has 0 atom stereocenters. The molecule has 20 heteroatoms. The van der Waals surface area contributed by atoms with E-state index < -0.39 is 15.2 Å². The summed E-state index contributed by atoms with van der Waals surface area (Å²) in [6.07, 6.45) is 8.15. The van der Waals surface area contributed by atoms with E-state index in [2.05, 4.69) is 60.8 Å². The van der Waals surface area contributed by atoms with E-state index in [1.807, 2.05) is 19.1 Å². The lowest BCUT2D eigenvalue weighted by molar-refractivity contribution is 0.557. The molecule has 8 nitrogen and oxygen atoms in total. The van der Waals surface area contributed by atoms with Crippen LogP contribution in [0, 0.1) is 6.92 Å². The van der Waals surface area contributed by atoms with Crippen molar-refractivity contribution in [3.63, 3.8) is 0 Å². The molecule has 49 heavy (non-hydrogen) atoms. The largest absolute Gasteiger partial charge is 0.465 e. The Hall–Kier alpha value is -0.720. The first-order valence-corrected chi connectivity index (χ1v) is 18.2. The zero-order valence-corrected chi connectivity index (χ0v) is 34.3.